The number of hydrogen-bond acceptors (Lipinski definition) is 7. The van der Waals surface area contributed by atoms with Gasteiger partial charge in [0.2, 0.25) is 5.65 Å². The molecule has 0 saturated carbocycles. The van der Waals surface area contributed by atoms with Crippen molar-refractivity contribution in [2.24, 2.45) is 5.92 Å². The van der Waals surface area contributed by atoms with Gasteiger partial charge in [0.25, 0.3) is 0 Å². The summed E-state index contributed by atoms with van der Waals surface area (Å²) in [5.41, 5.74) is 3.60. The van der Waals surface area contributed by atoms with E-state index in [9.17, 15) is 0 Å². The second-order valence-electron chi connectivity index (χ2n) is 8.44. The minimum atomic E-state index is 0.305. The molecule has 0 N–H and O–H groups in total. The Morgan fingerprint density at radius 3 is 2.68 bits per heavy atom. The van der Waals surface area contributed by atoms with E-state index >= 15 is 0 Å². The summed E-state index contributed by atoms with van der Waals surface area (Å²) >= 11 is 0. The second-order valence-corrected chi connectivity index (χ2v) is 8.44. The molecule has 9 nitrogen and oxygen atoms in total. The summed E-state index contributed by atoms with van der Waals surface area (Å²) in [5.74, 6) is 3.34. The largest absolute Gasteiger partial charge is 0.497 e. The Morgan fingerprint density at radius 1 is 1.13 bits per heavy atom. The lowest BCUT2D eigenvalue weighted by molar-refractivity contribution is 0.358. The molecule has 1 aliphatic heterocycles. The molecule has 0 spiro atoms. The van der Waals surface area contributed by atoms with Crippen molar-refractivity contribution >= 4 is 11.3 Å². The van der Waals surface area contributed by atoms with Crippen LogP contribution in [-0.4, -0.2) is 48.2 Å². The molecule has 0 saturated heterocycles. The van der Waals surface area contributed by atoms with E-state index in [0.717, 1.165) is 53.0 Å². The first-order valence-corrected chi connectivity index (χ1v) is 10.5. The Balaban J connectivity index is 1.58. The van der Waals surface area contributed by atoms with Crippen LogP contribution in [0.25, 0.3) is 16.9 Å². The molecule has 5 rings (SSSR count). The number of ether oxygens (including phenoxy) is 1. The highest BCUT2D eigenvalue weighted by atomic mass is 16.5. The molecule has 3 aromatic heterocycles. The molecule has 0 amide bonds. The van der Waals surface area contributed by atoms with Gasteiger partial charge in [-0.3, -0.25) is 0 Å². The molecular weight excluding hydrogens is 392 g/mol. The maximum absolute atomic E-state index is 5.29. The van der Waals surface area contributed by atoms with Crippen molar-refractivity contribution in [3.8, 4) is 17.0 Å². The zero-order valence-corrected chi connectivity index (χ0v) is 18.2. The lowest BCUT2D eigenvalue weighted by Crippen LogP contribution is -2.38. The Morgan fingerprint density at radius 2 is 1.94 bits per heavy atom. The first-order chi connectivity index (χ1) is 15.0. The van der Waals surface area contributed by atoms with E-state index in [1.165, 1.54) is 0 Å². The zero-order chi connectivity index (χ0) is 21.5. The van der Waals surface area contributed by atoms with Crippen molar-refractivity contribution in [3.63, 3.8) is 0 Å². The number of hydrogen-bond donors (Lipinski definition) is 0. The maximum Gasteiger partial charge on any atom is 0.200 e. The molecule has 0 radical (unpaired) electrons. The van der Waals surface area contributed by atoms with Crippen LogP contribution in [0.1, 0.15) is 38.0 Å². The number of rotatable bonds is 5. The standard InChI is InChI=1S/C22H26N8O/c1-14(2)9-17-11-28(12-21-25-24-15(3)30(17)21)20-10-19(27-29-13-23-26-22(20)29)16-5-7-18(31-4)8-6-16/h5-8,10,13-14,17H,9,11-12H2,1-4H3/t17-/m0/s1. The Labute approximate surface area is 180 Å². The molecule has 31 heavy (non-hydrogen) atoms. The van der Waals surface area contributed by atoms with E-state index in [4.69, 9.17) is 9.84 Å². The molecule has 0 aliphatic carbocycles. The van der Waals surface area contributed by atoms with Gasteiger partial charge in [-0.2, -0.15) is 9.61 Å². The third-order valence-electron chi connectivity index (χ3n) is 5.78. The molecule has 1 aromatic carbocycles. The first-order valence-electron chi connectivity index (χ1n) is 10.5. The Hall–Kier alpha value is -3.49. The fraction of sp³-hybridized carbons (Fsp3) is 0.409. The fourth-order valence-electron chi connectivity index (χ4n) is 4.42. The van der Waals surface area contributed by atoms with Crippen LogP contribution in [0.15, 0.2) is 36.7 Å². The summed E-state index contributed by atoms with van der Waals surface area (Å²) in [6.07, 6.45) is 2.70. The van der Waals surface area contributed by atoms with Crippen molar-refractivity contribution in [1.82, 2.24) is 34.6 Å². The van der Waals surface area contributed by atoms with Crippen molar-refractivity contribution < 1.29 is 4.74 Å². The highest BCUT2D eigenvalue weighted by Crippen LogP contribution is 2.33. The minimum absolute atomic E-state index is 0.305. The Bertz CT molecular complexity index is 1210. The number of benzene rings is 1. The predicted molar refractivity (Wildman–Crippen MR) is 117 cm³/mol. The van der Waals surface area contributed by atoms with Crippen LogP contribution in [0, 0.1) is 12.8 Å². The van der Waals surface area contributed by atoms with Crippen molar-refractivity contribution in [2.45, 2.75) is 39.8 Å². The fourth-order valence-corrected chi connectivity index (χ4v) is 4.42. The summed E-state index contributed by atoms with van der Waals surface area (Å²) in [7, 11) is 1.67. The van der Waals surface area contributed by atoms with E-state index in [2.05, 4.69) is 49.8 Å². The van der Waals surface area contributed by atoms with Gasteiger partial charge in [0, 0.05) is 12.1 Å². The van der Waals surface area contributed by atoms with Crippen LogP contribution in [0.4, 0.5) is 5.69 Å². The highest BCUT2D eigenvalue weighted by Gasteiger charge is 2.30. The average Bonchev–Trinajstić information content (AvgIpc) is 3.39. The SMILES string of the molecule is COc1ccc(-c2cc(N3Cc4nnc(C)n4[C@@H](CC(C)C)C3)c3nncn3n2)cc1. The van der Waals surface area contributed by atoms with E-state index in [1.54, 1.807) is 18.0 Å². The summed E-state index contributed by atoms with van der Waals surface area (Å²) in [4.78, 5) is 2.33. The summed E-state index contributed by atoms with van der Waals surface area (Å²) in [6, 6.07) is 10.3. The molecule has 4 heterocycles. The van der Waals surface area contributed by atoms with Crippen LogP contribution in [0.5, 0.6) is 5.75 Å². The topological polar surface area (TPSA) is 86.3 Å². The monoisotopic (exact) mass is 418 g/mol. The lowest BCUT2D eigenvalue weighted by Gasteiger charge is -2.36. The smallest absolute Gasteiger partial charge is 0.200 e. The molecule has 0 unspecified atom stereocenters. The van der Waals surface area contributed by atoms with Crippen LogP contribution in [-0.2, 0) is 6.54 Å². The minimum Gasteiger partial charge on any atom is -0.497 e. The van der Waals surface area contributed by atoms with Gasteiger partial charge in [-0.15, -0.1) is 20.4 Å². The summed E-state index contributed by atoms with van der Waals surface area (Å²) in [5, 5.41) is 22.0. The first kappa shape index (κ1) is 19.5. The molecule has 4 aromatic rings. The Kier molecular flexibility index (Phi) is 4.80. The van der Waals surface area contributed by atoms with Gasteiger partial charge in [0.1, 0.15) is 17.9 Å². The van der Waals surface area contributed by atoms with Crippen LogP contribution < -0.4 is 9.64 Å². The van der Waals surface area contributed by atoms with Crippen LogP contribution >= 0.6 is 0 Å². The number of fused-ring (bicyclic) bond motifs is 2. The third kappa shape index (κ3) is 3.49. The van der Waals surface area contributed by atoms with Gasteiger partial charge in [-0.25, -0.2) is 0 Å². The van der Waals surface area contributed by atoms with Crippen molar-refractivity contribution in [2.75, 3.05) is 18.6 Å². The van der Waals surface area contributed by atoms with Gasteiger partial charge >= 0.3 is 0 Å². The van der Waals surface area contributed by atoms with Crippen molar-refractivity contribution in [1.29, 1.82) is 0 Å². The molecule has 0 fully saturated rings. The number of nitrogens with zero attached hydrogens (tertiary/aromatic N) is 8. The highest BCUT2D eigenvalue weighted by molar-refractivity contribution is 5.74. The average molecular weight is 419 g/mol. The number of anilines is 1. The molecule has 9 heteroatoms. The van der Waals surface area contributed by atoms with E-state index in [1.807, 2.05) is 31.2 Å². The molecule has 0 bridgehead atoms. The second kappa shape index (κ2) is 7.64. The van der Waals surface area contributed by atoms with Crippen LogP contribution in [0.3, 0.4) is 0 Å². The van der Waals surface area contributed by atoms with Gasteiger partial charge < -0.3 is 14.2 Å². The normalized spacial score (nSPS) is 16.2. The van der Waals surface area contributed by atoms with E-state index < -0.39 is 0 Å². The maximum atomic E-state index is 5.29. The quantitative estimate of drug-likeness (QED) is 0.491. The summed E-state index contributed by atoms with van der Waals surface area (Å²) in [6.45, 7) is 8.07. The molecule has 160 valence electrons. The summed E-state index contributed by atoms with van der Waals surface area (Å²) < 4.78 is 9.33. The van der Waals surface area contributed by atoms with E-state index in [0.29, 0.717) is 18.5 Å². The molecule has 1 aliphatic rings. The predicted octanol–water partition coefficient (Wildman–Crippen LogP) is 3.31. The zero-order valence-electron chi connectivity index (χ0n) is 18.2. The lowest BCUT2D eigenvalue weighted by atomic mass is 10.0. The van der Waals surface area contributed by atoms with Gasteiger partial charge in [-0.1, -0.05) is 13.8 Å². The van der Waals surface area contributed by atoms with Crippen LogP contribution in [0.2, 0.25) is 0 Å². The number of methoxy groups -OCH3 is 1. The number of aryl methyl sites for hydroxylation is 1. The van der Waals surface area contributed by atoms with Gasteiger partial charge in [-0.05, 0) is 49.6 Å². The molecular formula is C22H26N8O. The third-order valence-corrected chi connectivity index (χ3v) is 5.78. The van der Waals surface area contributed by atoms with E-state index in [-0.39, 0.29) is 0 Å². The van der Waals surface area contributed by atoms with Gasteiger partial charge in [0.05, 0.1) is 31.1 Å². The van der Waals surface area contributed by atoms with Crippen molar-refractivity contribution in [3.05, 3.63) is 48.3 Å². The molecule has 1 atom stereocenters. The van der Waals surface area contributed by atoms with Gasteiger partial charge in [0.15, 0.2) is 5.82 Å². The number of aromatic nitrogens is 7.